The van der Waals surface area contributed by atoms with E-state index in [-0.39, 0.29) is 23.9 Å². The van der Waals surface area contributed by atoms with Gasteiger partial charge < -0.3 is 5.32 Å². The van der Waals surface area contributed by atoms with Crippen LogP contribution in [0.15, 0.2) is 0 Å². The molecule has 19 heavy (non-hydrogen) atoms. The number of rotatable bonds is 4. The Morgan fingerprint density at radius 1 is 1.00 bits per heavy atom. The highest BCUT2D eigenvalue weighted by Gasteiger charge is 2.47. The SMILES string of the molecule is O=C1CC(NC2CCN(C3CC3)C2)C(=O)N1C1CC1. The molecule has 5 heteroatoms. The van der Waals surface area contributed by atoms with Crippen molar-refractivity contribution in [2.75, 3.05) is 13.1 Å². The molecule has 2 saturated heterocycles. The lowest BCUT2D eigenvalue weighted by Gasteiger charge is -2.19. The van der Waals surface area contributed by atoms with Crippen molar-refractivity contribution in [1.29, 1.82) is 0 Å². The van der Waals surface area contributed by atoms with E-state index in [0.717, 1.165) is 38.4 Å². The summed E-state index contributed by atoms with van der Waals surface area (Å²) in [6.45, 7) is 2.19. The average Bonchev–Trinajstić information content (AvgIpc) is 3.29. The first kappa shape index (κ1) is 11.9. The molecule has 5 nitrogen and oxygen atoms in total. The summed E-state index contributed by atoms with van der Waals surface area (Å²) in [6, 6.07) is 1.16. The maximum atomic E-state index is 12.2. The lowest BCUT2D eigenvalue weighted by Crippen LogP contribution is -2.45. The number of hydrogen-bond acceptors (Lipinski definition) is 4. The number of amides is 2. The van der Waals surface area contributed by atoms with Gasteiger partial charge in [-0.3, -0.25) is 19.4 Å². The second kappa shape index (κ2) is 4.28. The van der Waals surface area contributed by atoms with Crippen LogP contribution in [0.3, 0.4) is 0 Å². The van der Waals surface area contributed by atoms with Gasteiger partial charge in [-0.25, -0.2) is 0 Å². The van der Waals surface area contributed by atoms with Crippen LogP contribution in [0.1, 0.15) is 38.5 Å². The molecule has 0 bridgehead atoms. The molecule has 2 heterocycles. The summed E-state index contributed by atoms with van der Waals surface area (Å²) in [6.07, 6.45) is 6.16. The molecule has 2 saturated carbocycles. The first-order valence-electron chi connectivity index (χ1n) is 7.58. The second-order valence-electron chi connectivity index (χ2n) is 6.47. The molecule has 2 unspecified atom stereocenters. The molecule has 4 aliphatic rings. The smallest absolute Gasteiger partial charge is 0.247 e. The van der Waals surface area contributed by atoms with Gasteiger partial charge in [0.25, 0.3) is 0 Å². The normalized spacial score (nSPS) is 36.5. The van der Waals surface area contributed by atoms with Crippen molar-refractivity contribution in [2.24, 2.45) is 0 Å². The van der Waals surface area contributed by atoms with E-state index in [1.165, 1.54) is 17.7 Å². The lowest BCUT2D eigenvalue weighted by atomic mass is 10.2. The van der Waals surface area contributed by atoms with Gasteiger partial charge in [-0.1, -0.05) is 0 Å². The van der Waals surface area contributed by atoms with Gasteiger partial charge in [0.15, 0.2) is 0 Å². The Morgan fingerprint density at radius 2 is 1.74 bits per heavy atom. The minimum Gasteiger partial charge on any atom is -0.301 e. The third-order valence-electron chi connectivity index (χ3n) is 4.81. The van der Waals surface area contributed by atoms with Crippen LogP contribution in [-0.2, 0) is 9.59 Å². The molecule has 0 aromatic rings. The number of nitrogens with one attached hydrogen (secondary N) is 1. The highest BCUT2D eigenvalue weighted by molar-refractivity contribution is 6.06. The zero-order valence-corrected chi connectivity index (χ0v) is 11.2. The number of imide groups is 1. The topological polar surface area (TPSA) is 52.7 Å². The molecule has 0 aromatic heterocycles. The predicted molar refractivity (Wildman–Crippen MR) is 69.4 cm³/mol. The van der Waals surface area contributed by atoms with E-state index in [1.54, 1.807) is 0 Å². The van der Waals surface area contributed by atoms with Crippen LogP contribution in [-0.4, -0.2) is 58.9 Å². The van der Waals surface area contributed by atoms with E-state index >= 15 is 0 Å². The number of hydrogen-bond donors (Lipinski definition) is 1. The van der Waals surface area contributed by atoms with Crippen LogP contribution in [0.5, 0.6) is 0 Å². The van der Waals surface area contributed by atoms with Crippen molar-refractivity contribution in [3.8, 4) is 0 Å². The standard InChI is InChI=1S/C14H21N3O2/c18-13-7-12(14(19)17(13)11-3-4-11)15-9-5-6-16(8-9)10-1-2-10/h9-12,15H,1-8H2. The zero-order chi connectivity index (χ0) is 13.0. The summed E-state index contributed by atoms with van der Waals surface area (Å²) in [5.41, 5.74) is 0. The largest absolute Gasteiger partial charge is 0.301 e. The minimum absolute atomic E-state index is 0.0253. The zero-order valence-electron chi connectivity index (χ0n) is 11.2. The highest BCUT2D eigenvalue weighted by atomic mass is 16.2. The third kappa shape index (κ3) is 2.19. The molecule has 4 fully saturated rings. The monoisotopic (exact) mass is 263 g/mol. The van der Waals surface area contributed by atoms with Crippen LogP contribution in [0.2, 0.25) is 0 Å². The van der Waals surface area contributed by atoms with Gasteiger partial charge in [0.05, 0.1) is 12.5 Å². The quantitative estimate of drug-likeness (QED) is 0.731. The van der Waals surface area contributed by atoms with Crippen molar-refractivity contribution in [1.82, 2.24) is 15.1 Å². The van der Waals surface area contributed by atoms with Crippen molar-refractivity contribution < 1.29 is 9.59 Å². The Bertz CT molecular complexity index is 417. The Hall–Kier alpha value is -0.940. The van der Waals surface area contributed by atoms with Gasteiger partial charge >= 0.3 is 0 Å². The highest BCUT2D eigenvalue weighted by Crippen LogP contribution is 2.33. The third-order valence-corrected chi connectivity index (χ3v) is 4.81. The van der Waals surface area contributed by atoms with Gasteiger partial charge in [-0.15, -0.1) is 0 Å². The molecule has 2 atom stereocenters. The van der Waals surface area contributed by atoms with Crippen LogP contribution in [0.25, 0.3) is 0 Å². The Morgan fingerprint density at radius 3 is 2.42 bits per heavy atom. The number of carbonyl (C=O) groups excluding carboxylic acids is 2. The van der Waals surface area contributed by atoms with E-state index in [0.29, 0.717) is 12.5 Å². The van der Waals surface area contributed by atoms with E-state index < -0.39 is 0 Å². The summed E-state index contributed by atoms with van der Waals surface area (Å²) >= 11 is 0. The molecule has 104 valence electrons. The van der Waals surface area contributed by atoms with Crippen LogP contribution >= 0.6 is 0 Å². The van der Waals surface area contributed by atoms with E-state index in [9.17, 15) is 9.59 Å². The molecule has 4 rings (SSSR count). The molecule has 0 spiro atoms. The molecule has 0 radical (unpaired) electrons. The molecule has 0 aromatic carbocycles. The average molecular weight is 263 g/mol. The minimum atomic E-state index is -0.253. The van der Waals surface area contributed by atoms with Gasteiger partial charge in [-0.05, 0) is 32.1 Å². The maximum Gasteiger partial charge on any atom is 0.247 e. The lowest BCUT2D eigenvalue weighted by molar-refractivity contribution is -0.139. The maximum absolute atomic E-state index is 12.2. The summed E-state index contributed by atoms with van der Waals surface area (Å²) < 4.78 is 0. The van der Waals surface area contributed by atoms with Crippen LogP contribution in [0, 0.1) is 0 Å². The number of carbonyl (C=O) groups is 2. The molecule has 1 N–H and O–H groups in total. The van der Waals surface area contributed by atoms with Crippen molar-refractivity contribution in [3.05, 3.63) is 0 Å². The Balaban J connectivity index is 1.35. The van der Waals surface area contributed by atoms with Crippen molar-refractivity contribution >= 4 is 11.8 Å². The number of likely N-dealkylation sites (tertiary alicyclic amines) is 2. The summed E-state index contributed by atoms with van der Waals surface area (Å²) in [7, 11) is 0. The second-order valence-corrected chi connectivity index (χ2v) is 6.47. The van der Waals surface area contributed by atoms with E-state index in [4.69, 9.17) is 0 Å². The first-order chi connectivity index (χ1) is 9.22. The molecule has 2 amide bonds. The van der Waals surface area contributed by atoms with Gasteiger partial charge in [0.2, 0.25) is 11.8 Å². The Kier molecular flexibility index (Phi) is 2.67. The van der Waals surface area contributed by atoms with Gasteiger partial charge in [-0.2, -0.15) is 0 Å². The number of nitrogens with zero attached hydrogens (tertiary/aromatic N) is 2. The Labute approximate surface area is 113 Å². The van der Waals surface area contributed by atoms with Crippen molar-refractivity contribution in [3.63, 3.8) is 0 Å². The summed E-state index contributed by atoms with van der Waals surface area (Å²) in [5, 5.41) is 3.43. The fourth-order valence-electron chi connectivity index (χ4n) is 3.48. The van der Waals surface area contributed by atoms with Crippen LogP contribution < -0.4 is 5.32 Å². The van der Waals surface area contributed by atoms with E-state index in [1.807, 2.05) is 0 Å². The fourth-order valence-corrected chi connectivity index (χ4v) is 3.48. The molecule has 2 aliphatic carbocycles. The van der Waals surface area contributed by atoms with Gasteiger partial charge in [0, 0.05) is 31.2 Å². The summed E-state index contributed by atoms with van der Waals surface area (Å²) in [4.78, 5) is 28.2. The van der Waals surface area contributed by atoms with Crippen molar-refractivity contribution in [2.45, 2.75) is 62.7 Å². The fraction of sp³-hybridized carbons (Fsp3) is 0.857. The molecular weight excluding hydrogens is 242 g/mol. The predicted octanol–water partition coefficient (Wildman–Crippen LogP) is 0.103. The molecule has 2 aliphatic heterocycles. The summed E-state index contributed by atoms with van der Waals surface area (Å²) in [5.74, 6) is 0.0550. The molecular formula is C14H21N3O2. The van der Waals surface area contributed by atoms with Gasteiger partial charge in [0.1, 0.15) is 0 Å². The first-order valence-corrected chi connectivity index (χ1v) is 7.58. The van der Waals surface area contributed by atoms with E-state index in [2.05, 4.69) is 10.2 Å². The van der Waals surface area contributed by atoms with Crippen LogP contribution in [0.4, 0.5) is 0 Å².